The van der Waals surface area contributed by atoms with Gasteiger partial charge >= 0.3 is 5.97 Å². The topological polar surface area (TPSA) is 89.8 Å². The summed E-state index contributed by atoms with van der Waals surface area (Å²) >= 11 is 0. The van der Waals surface area contributed by atoms with E-state index in [1.807, 2.05) is 0 Å². The van der Waals surface area contributed by atoms with Gasteiger partial charge in [-0.1, -0.05) is 12.1 Å². The standard InChI is InChI=1S/C14H16N2O5/c1-2-21-14(18)12-8-5-9-15(12)13(17)10-6-3-4-7-11(10)16(19)20/h3-4,6-7,12H,2,5,8-9H2,1H3. The maximum atomic E-state index is 12.5. The summed E-state index contributed by atoms with van der Waals surface area (Å²) < 4.78 is 4.95. The van der Waals surface area contributed by atoms with Gasteiger partial charge in [-0.25, -0.2) is 4.79 Å². The minimum absolute atomic E-state index is 0.00121. The van der Waals surface area contributed by atoms with Gasteiger partial charge in [-0.15, -0.1) is 0 Å². The van der Waals surface area contributed by atoms with Crippen molar-refractivity contribution in [3.63, 3.8) is 0 Å². The number of esters is 1. The fourth-order valence-corrected chi connectivity index (χ4v) is 2.46. The number of rotatable bonds is 4. The van der Waals surface area contributed by atoms with Crippen LogP contribution < -0.4 is 0 Å². The smallest absolute Gasteiger partial charge is 0.328 e. The number of ether oxygens (including phenoxy) is 1. The third-order valence-corrected chi connectivity index (χ3v) is 3.40. The Bertz CT molecular complexity index is 572. The number of hydrogen-bond donors (Lipinski definition) is 0. The molecule has 1 saturated heterocycles. The van der Waals surface area contributed by atoms with Crippen LogP contribution in [0, 0.1) is 10.1 Å². The number of nitro benzene ring substituents is 1. The van der Waals surface area contributed by atoms with Gasteiger partial charge in [0.1, 0.15) is 11.6 Å². The van der Waals surface area contributed by atoms with Gasteiger partial charge in [-0.2, -0.15) is 0 Å². The summed E-state index contributed by atoms with van der Waals surface area (Å²) in [5.74, 6) is -0.959. The molecule has 0 bridgehead atoms. The largest absolute Gasteiger partial charge is 0.464 e. The van der Waals surface area contributed by atoms with Crippen LogP contribution >= 0.6 is 0 Å². The Kier molecular flexibility index (Phi) is 4.52. The summed E-state index contributed by atoms with van der Waals surface area (Å²) in [5.41, 5.74) is -0.254. The predicted octanol–water partition coefficient (Wildman–Crippen LogP) is 1.76. The van der Waals surface area contributed by atoms with Gasteiger partial charge in [0.15, 0.2) is 0 Å². The molecule has 0 aromatic heterocycles. The summed E-state index contributed by atoms with van der Waals surface area (Å²) in [7, 11) is 0. The molecule has 1 aliphatic heterocycles. The molecule has 112 valence electrons. The normalized spacial score (nSPS) is 17.6. The number of nitrogens with zero attached hydrogens (tertiary/aromatic N) is 2. The van der Waals surface area contributed by atoms with Crippen molar-refractivity contribution in [1.82, 2.24) is 4.90 Å². The van der Waals surface area contributed by atoms with Gasteiger partial charge in [-0.3, -0.25) is 14.9 Å². The van der Waals surface area contributed by atoms with E-state index < -0.39 is 22.8 Å². The van der Waals surface area contributed by atoms with Gasteiger partial charge < -0.3 is 9.64 Å². The Hall–Kier alpha value is -2.44. The number of likely N-dealkylation sites (tertiary alicyclic amines) is 1. The van der Waals surface area contributed by atoms with Crippen molar-refractivity contribution in [3.8, 4) is 0 Å². The van der Waals surface area contributed by atoms with Crippen LogP contribution in [0.25, 0.3) is 0 Å². The lowest BCUT2D eigenvalue weighted by Crippen LogP contribution is -2.41. The first-order valence-corrected chi connectivity index (χ1v) is 6.77. The van der Waals surface area contributed by atoms with E-state index in [4.69, 9.17) is 4.74 Å². The van der Waals surface area contributed by atoms with Gasteiger partial charge in [0.25, 0.3) is 11.6 Å². The molecule has 2 rings (SSSR count). The van der Waals surface area contributed by atoms with Crippen molar-refractivity contribution in [1.29, 1.82) is 0 Å². The molecular weight excluding hydrogens is 276 g/mol. The molecule has 1 atom stereocenters. The van der Waals surface area contributed by atoms with Crippen LogP contribution in [0.15, 0.2) is 24.3 Å². The minimum atomic E-state index is -0.655. The second-order valence-corrected chi connectivity index (χ2v) is 4.68. The van der Waals surface area contributed by atoms with Crippen LogP contribution in [0.2, 0.25) is 0 Å². The quantitative estimate of drug-likeness (QED) is 0.479. The summed E-state index contributed by atoms with van der Waals surface area (Å²) in [6.07, 6.45) is 1.20. The van der Waals surface area contributed by atoms with Crippen molar-refractivity contribution in [2.24, 2.45) is 0 Å². The lowest BCUT2D eigenvalue weighted by molar-refractivity contribution is -0.385. The predicted molar refractivity (Wildman–Crippen MR) is 73.8 cm³/mol. The van der Waals surface area contributed by atoms with E-state index in [1.165, 1.54) is 23.1 Å². The Labute approximate surface area is 121 Å². The minimum Gasteiger partial charge on any atom is -0.464 e. The molecule has 1 aromatic rings. The van der Waals surface area contributed by atoms with E-state index in [9.17, 15) is 19.7 Å². The molecule has 1 aromatic carbocycles. The van der Waals surface area contributed by atoms with Crippen LogP contribution in [-0.2, 0) is 9.53 Å². The van der Waals surface area contributed by atoms with E-state index in [0.29, 0.717) is 19.4 Å². The molecule has 1 amide bonds. The van der Waals surface area contributed by atoms with E-state index in [1.54, 1.807) is 13.0 Å². The van der Waals surface area contributed by atoms with Gasteiger partial charge in [-0.05, 0) is 25.8 Å². The highest BCUT2D eigenvalue weighted by Crippen LogP contribution is 2.25. The van der Waals surface area contributed by atoms with Crippen LogP contribution in [0.4, 0.5) is 5.69 Å². The van der Waals surface area contributed by atoms with Crippen LogP contribution in [-0.4, -0.2) is 40.9 Å². The molecule has 21 heavy (non-hydrogen) atoms. The molecule has 1 aliphatic rings. The highest BCUT2D eigenvalue weighted by molar-refractivity contribution is 6.00. The maximum absolute atomic E-state index is 12.5. The number of hydrogen-bond acceptors (Lipinski definition) is 5. The zero-order valence-electron chi connectivity index (χ0n) is 11.7. The third-order valence-electron chi connectivity index (χ3n) is 3.40. The summed E-state index contributed by atoms with van der Waals surface area (Å²) in [4.78, 5) is 36.1. The molecule has 0 spiro atoms. The SMILES string of the molecule is CCOC(=O)C1CCCN1C(=O)c1ccccc1[N+](=O)[O-]. The Morgan fingerprint density at radius 1 is 1.43 bits per heavy atom. The number of carbonyl (C=O) groups excluding carboxylic acids is 2. The molecule has 7 heteroatoms. The highest BCUT2D eigenvalue weighted by atomic mass is 16.6. The zero-order chi connectivity index (χ0) is 15.4. The Morgan fingerprint density at radius 3 is 2.81 bits per heavy atom. The van der Waals surface area contributed by atoms with E-state index in [0.717, 1.165) is 0 Å². The number of para-hydroxylation sites is 1. The lowest BCUT2D eigenvalue weighted by Gasteiger charge is -2.23. The first kappa shape index (κ1) is 15.0. The Balaban J connectivity index is 2.27. The van der Waals surface area contributed by atoms with Crippen molar-refractivity contribution in [3.05, 3.63) is 39.9 Å². The fraction of sp³-hybridized carbons (Fsp3) is 0.429. The van der Waals surface area contributed by atoms with Gasteiger partial charge in [0.2, 0.25) is 0 Å². The molecule has 0 radical (unpaired) electrons. The summed E-state index contributed by atoms with van der Waals surface area (Å²) in [6.45, 7) is 2.33. The molecular formula is C14H16N2O5. The molecule has 7 nitrogen and oxygen atoms in total. The number of nitro groups is 1. The van der Waals surface area contributed by atoms with Crippen molar-refractivity contribution >= 4 is 17.6 Å². The van der Waals surface area contributed by atoms with Gasteiger partial charge in [0, 0.05) is 12.6 Å². The van der Waals surface area contributed by atoms with Crippen LogP contribution in [0.3, 0.4) is 0 Å². The molecule has 1 fully saturated rings. The average Bonchev–Trinajstić information content (AvgIpc) is 2.96. The highest BCUT2D eigenvalue weighted by Gasteiger charge is 2.37. The first-order chi connectivity index (χ1) is 10.1. The van der Waals surface area contributed by atoms with Crippen LogP contribution in [0.5, 0.6) is 0 Å². The van der Waals surface area contributed by atoms with Crippen LogP contribution in [0.1, 0.15) is 30.1 Å². The summed E-state index contributed by atoms with van der Waals surface area (Å²) in [5, 5.41) is 11.0. The maximum Gasteiger partial charge on any atom is 0.328 e. The molecule has 0 aliphatic carbocycles. The monoisotopic (exact) mass is 292 g/mol. The van der Waals surface area contributed by atoms with Crippen molar-refractivity contribution in [2.75, 3.05) is 13.2 Å². The van der Waals surface area contributed by atoms with E-state index >= 15 is 0 Å². The lowest BCUT2D eigenvalue weighted by atomic mass is 10.1. The second kappa shape index (κ2) is 6.34. The average molecular weight is 292 g/mol. The number of amides is 1. The van der Waals surface area contributed by atoms with E-state index in [-0.39, 0.29) is 17.9 Å². The second-order valence-electron chi connectivity index (χ2n) is 4.68. The third kappa shape index (κ3) is 3.01. The molecule has 0 saturated carbocycles. The number of benzene rings is 1. The number of carbonyl (C=O) groups is 2. The van der Waals surface area contributed by atoms with E-state index in [2.05, 4.69) is 0 Å². The summed E-state index contributed by atoms with van der Waals surface area (Å²) in [6, 6.07) is 5.10. The Morgan fingerprint density at radius 2 is 2.14 bits per heavy atom. The fourth-order valence-electron chi connectivity index (χ4n) is 2.46. The zero-order valence-corrected chi connectivity index (χ0v) is 11.7. The van der Waals surface area contributed by atoms with Gasteiger partial charge in [0.05, 0.1) is 11.5 Å². The molecule has 1 heterocycles. The molecule has 1 unspecified atom stereocenters. The first-order valence-electron chi connectivity index (χ1n) is 6.77. The van der Waals surface area contributed by atoms with Crippen molar-refractivity contribution < 1.29 is 19.2 Å². The molecule has 0 N–H and O–H groups in total. The van der Waals surface area contributed by atoms with Crippen molar-refractivity contribution in [2.45, 2.75) is 25.8 Å².